The van der Waals surface area contributed by atoms with E-state index < -0.39 is 5.91 Å². The smallest absolute Gasteiger partial charge is 0.259 e. The second kappa shape index (κ2) is 6.62. The van der Waals surface area contributed by atoms with Gasteiger partial charge in [-0.05, 0) is 44.2 Å². The molecule has 0 radical (unpaired) electrons. The number of rotatable bonds is 5. The molecule has 1 N–H and O–H groups in total. The van der Waals surface area contributed by atoms with Crippen LogP contribution in [0.4, 0.5) is 17.1 Å². The van der Waals surface area contributed by atoms with E-state index in [9.17, 15) is 9.59 Å². The molecule has 2 aromatic carbocycles. The molecule has 122 valence electrons. The Balaban J connectivity index is 1.91. The Morgan fingerprint density at radius 3 is 2.38 bits per heavy atom. The predicted molar refractivity (Wildman–Crippen MR) is 92.4 cm³/mol. The van der Waals surface area contributed by atoms with E-state index in [-0.39, 0.29) is 5.91 Å². The van der Waals surface area contributed by atoms with E-state index in [1.165, 1.54) is 0 Å². The minimum Gasteiger partial charge on any atom is -0.370 e. The van der Waals surface area contributed by atoms with Crippen molar-refractivity contribution in [2.24, 2.45) is 10.2 Å². The summed E-state index contributed by atoms with van der Waals surface area (Å²) in [6.07, 6.45) is 0. The molecule has 3 rings (SSSR count). The third-order valence-electron chi connectivity index (χ3n) is 3.98. The van der Waals surface area contributed by atoms with Gasteiger partial charge in [-0.15, -0.1) is 5.11 Å². The molecule has 1 aliphatic heterocycles. The molecule has 0 saturated carbocycles. The highest BCUT2D eigenvalue weighted by atomic mass is 16.2. The number of nitrogens with zero attached hydrogens (tertiary/aromatic N) is 3. The first kappa shape index (κ1) is 15.9. The minimum atomic E-state index is -0.393. The fraction of sp³-hybridized carbons (Fsp3) is 0.222. The van der Waals surface area contributed by atoms with Gasteiger partial charge < -0.3 is 4.90 Å². The Kier molecular flexibility index (Phi) is 4.37. The van der Waals surface area contributed by atoms with Crippen LogP contribution in [-0.2, 0) is 0 Å². The SMILES string of the molecule is CCN(CC)c1ccccc1N=Nc1ccc2c(c1)C(=O)NC2=O. The summed E-state index contributed by atoms with van der Waals surface area (Å²) in [5, 5.41) is 10.8. The molecule has 6 heteroatoms. The normalized spacial score (nSPS) is 13.2. The number of hydrogen-bond donors (Lipinski definition) is 1. The number of para-hydroxylation sites is 1. The van der Waals surface area contributed by atoms with Crippen LogP contribution in [0.1, 0.15) is 34.6 Å². The van der Waals surface area contributed by atoms with Crippen molar-refractivity contribution in [1.29, 1.82) is 0 Å². The molecule has 0 aromatic heterocycles. The van der Waals surface area contributed by atoms with Crippen LogP contribution in [0.5, 0.6) is 0 Å². The van der Waals surface area contributed by atoms with E-state index in [4.69, 9.17) is 0 Å². The average Bonchev–Trinajstić information content (AvgIpc) is 2.89. The summed E-state index contributed by atoms with van der Waals surface area (Å²) in [7, 11) is 0. The molecule has 0 fully saturated rings. The van der Waals surface area contributed by atoms with Gasteiger partial charge in [0.1, 0.15) is 5.69 Å². The fourth-order valence-corrected chi connectivity index (χ4v) is 2.71. The molecule has 1 aliphatic rings. The van der Waals surface area contributed by atoms with Crippen LogP contribution in [0, 0.1) is 0 Å². The van der Waals surface area contributed by atoms with Crippen LogP contribution in [0.3, 0.4) is 0 Å². The van der Waals surface area contributed by atoms with Crippen molar-refractivity contribution in [3.8, 4) is 0 Å². The summed E-state index contributed by atoms with van der Waals surface area (Å²) in [4.78, 5) is 25.5. The summed E-state index contributed by atoms with van der Waals surface area (Å²) < 4.78 is 0. The minimum absolute atomic E-state index is 0.341. The summed E-state index contributed by atoms with van der Waals surface area (Å²) in [5.41, 5.74) is 3.03. The second-order valence-electron chi connectivity index (χ2n) is 5.37. The molecular formula is C18H18N4O2. The molecule has 0 atom stereocenters. The average molecular weight is 322 g/mol. The van der Waals surface area contributed by atoms with Crippen molar-refractivity contribution in [2.45, 2.75) is 13.8 Å². The Bertz CT molecular complexity index is 826. The molecular weight excluding hydrogens is 304 g/mol. The summed E-state index contributed by atoms with van der Waals surface area (Å²) in [5.74, 6) is -0.763. The first-order chi connectivity index (χ1) is 11.6. The summed E-state index contributed by atoms with van der Waals surface area (Å²) in [6.45, 7) is 5.94. The van der Waals surface area contributed by atoms with Crippen molar-refractivity contribution in [2.75, 3.05) is 18.0 Å². The molecule has 2 amide bonds. The van der Waals surface area contributed by atoms with Gasteiger partial charge in [0.05, 0.1) is 22.5 Å². The van der Waals surface area contributed by atoms with Crippen molar-refractivity contribution in [1.82, 2.24) is 5.32 Å². The van der Waals surface area contributed by atoms with Gasteiger partial charge in [0, 0.05) is 13.1 Å². The third kappa shape index (κ3) is 2.90. The molecule has 0 aliphatic carbocycles. The molecule has 0 unspecified atom stereocenters. The number of fused-ring (bicyclic) bond motifs is 1. The summed E-state index contributed by atoms with van der Waals surface area (Å²) in [6, 6.07) is 12.7. The molecule has 6 nitrogen and oxygen atoms in total. The lowest BCUT2D eigenvalue weighted by Gasteiger charge is -2.22. The van der Waals surface area contributed by atoms with Crippen molar-refractivity contribution in [3.63, 3.8) is 0 Å². The third-order valence-corrected chi connectivity index (χ3v) is 3.98. The van der Waals surface area contributed by atoms with Gasteiger partial charge in [0.25, 0.3) is 11.8 Å². The van der Waals surface area contributed by atoms with Gasteiger partial charge in [0.15, 0.2) is 0 Å². The molecule has 24 heavy (non-hydrogen) atoms. The topological polar surface area (TPSA) is 74.1 Å². The molecule has 0 saturated heterocycles. The van der Waals surface area contributed by atoms with Crippen molar-refractivity contribution < 1.29 is 9.59 Å². The number of imide groups is 1. The number of carbonyl (C=O) groups excluding carboxylic acids is 2. The Labute approximate surface area is 140 Å². The van der Waals surface area contributed by atoms with Crippen molar-refractivity contribution >= 4 is 28.9 Å². The van der Waals surface area contributed by atoms with E-state index >= 15 is 0 Å². The van der Waals surface area contributed by atoms with E-state index in [0.717, 1.165) is 24.5 Å². The monoisotopic (exact) mass is 322 g/mol. The highest BCUT2D eigenvalue weighted by molar-refractivity contribution is 6.21. The Morgan fingerprint density at radius 2 is 1.62 bits per heavy atom. The molecule has 0 spiro atoms. The van der Waals surface area contributed by atoms with Crippen LogP contribution < -0.4 is 10.2 Å². The lowest BCUT2D eigenvalue weighted by atomic mass is 10.1. The van der Waals surface area contributed by atoms with Gasteiger partial charge in [0.2, 0.25) is 0 Å². The van der Waals surface area contributed by atoms with Crippen LogP contribution in [0.25, 0.3) is 0 Å². The number of hydrogen-bond acceptors (Lipinski definition) is 5. The van der Waals surface area contributed by atoms with E-state index in [0.29, 0.717) is 16.8 Å². The molecule has 0 bridgehead atoms. The van der Waals surface area contributed by atoms with Gasteiger partial charge in [-0.2, -0.15) is 5.11 Å². The predicted octanol–water partition coefficient (Wildman–Crippen LogP) is 3.83. The van der Waals surface area contributed by atoms with E-state index in [1.54, 1.807) is 18.2 Å². The van der Waals surface area contributed by atoms with Crippen LogP contribution >= 0.6 is 0 Å². The van der Waals surface area contributed by atoms with Crippen LogP contribution in [-0.4, -0.2) is 24.9 Å². The lowest BCUT2D eigenvalue weighted by molar-refractivity contribution is 0.0879. The zero-order valence-corrected chi connectivity index (χ0v) is 13.6. The van der Waals surface area contributed by atoms with Gasteiger partial charge in [-0.1, -0.05) is 12.1 Å². The van der Waals surface area contributed by atoms with Gasteiger partial charge in [-0.25, -0.2) is 0 Å². The number of benzene rings is 2. The molecule has 2 aromatic rings. The van der Waals surface area contributed by atoms with Crippen LogP contribution in [0.15, 0.2) is 52.7 Å². The van der Waals surface area contributed by atoms with Crippen LogP contribution in [0.2, 0.25) is 0 Å². The molecule has 1 heterocycles. The number of anilines is 1. The van der Waals surface area contributed by atoms with E-state index in [1.807, 2.05) is 24.3 Å². The Hall–Kier alpha value is -3.02. The largest absolute Gasteiger partial charge is 0.370 e. The lowest BCUT2D eigenvalue weighted by Crippen LogP contribution is -2.21. The quantitative estimate of drug-likeness (QED) is 0.671. The number of nitrogens with one attached hydrogen (secondary N) is 1. The zero-order chi connectivity index (χ0) is 17.1. The zero-order valence-electron chi connectivity index (χ0n) is 13.6. The summed E-state index contributed by atoms with van der Waals surface area (Å²) >= 11 is 0. The number of amides is 2. The van der Waals surface area contributed by atoms with Crippen molar-refractivity contribution in [3.05, 3.63) is 53.6 Å². The fourth-order valence-electron chi connectivity index (χ4n) is 2.71. The maximum absolute atomic E-state index is 11.7. The number of azo groups is 1. The second-order valence-corrected chi connectivity index (χ2v) is 5.37. The Morgan fingerprint density at radius 1 is 0.917 bits per heavy atom. The van der Waals surface area contributed by atoms with E-state index in [2.05, 4.69) is 34.3 Å². The standard InChI is InChI=1S/C18H18N4O2/c1-3-22(4-2)16-8-6-5-7-15(16)21-20-12-9-10-13-14(11-12)18(24)19-17(13)23/h5-11H,3-4H2,1-2H3,(H,19,23,24). The van der Waals surface area contributed by atoms with Gasteiger partial charge >= 0.3 is 0 Å². The maximum atomic E-state index is 11.7. The highest BCUT2D eigenvalue weighted by Gasteiger charge is 2.26. The highest BCUT2D eigenvalue weighted by Crippen LogP contribution is 2.30. The maximum Gasteiger partial charge on any atom is 0.259 e. The first-order valence-corrected chi connectivity index (χ1v) is 7.89. The van der Waals surface area contributed by atoms with Gasteiger partial charge in [-0.3, -0.25) is 14.9 Å². The number of carbonyl (C=O) groups is 2. The first-order valence-electron chi connectivity index (χ1n) is 7.89.